The molecule has 32 heavy (non-hydrogen) atoms. The van der Waals surface area contributed by atoms with Gasteiger partial charge >= 0.3 is 0 Å². The number of aryl methyl sites for hydroxylation is 1. The molecule has 0 bridgehead atoms. The number of hydrogen-bond acceptors (Lipinski definition) is 6. The first-order valence-corrected chi connectivity index (χ1v) is 10.5. The molecule has 3 aliphatic heterocycles. The lowest BCUT2D eigenvalue weighted by atomic mass is 10.0. The number of fused-ring (bicyclic) bond motifs is 4. The summed E-state index contributed by atoms with van der Waals surface area (Å²) in [6.07, 6.45) is 1.82. The van der Waals surface area contributed by atoms with Gasteiger partial charge in [-0.05, 0) is 54.0 Å². The highest BCUT2D eigenvalue weighted by molar-refractivity contribution is 6.15. The summed E-state index contributed by atoms with van der Waals surface area (Å²) in [6.45, 7) is 4.04. The Hall–Kier alpha value is -3.77. The van der Waals surface area contributed by atoms with Gasteiger partial charge in [-0.25, -0.2) is 0 Å². The molecule has 0 fully saturated rings. The summed E-state index contributed by atoms with van der Waals surface area (Å²) < 4.78 is 23.0. The van der Waals surface area contributed by atoms with E-state index in [1.165, 1.54) is 0 Å². The molecule has 3 aliphatic rings. The van der Waals surface area contributed by atoms with Crippen LogP contribution in [0.15, 0.2) is 60.4 Å². The van der Waals surface area contributed by atoms with E-state index in [1.54, 1.807) is 6.07 Å². The third-order valence-corrected chi connectivity index (χ3v) is 6.00. The molecular formula is C26H21NO5. The van der Waals surface area contributed by atoms with Gasteiger partial charge in [-0.15, -0.1) is 0 Å². The molecule has 0 spiro atoms. The number of Topliss-reactive ketones (excluding diaryl/α,β-unsaturated/α-hetero) is 1. The standard InChI is InChI=1S/C26H21NO5/c1-16-4-2-3-5-18(16)11-24-25(28)19-7-9-21-20(26(19)32-24)13-27(14-29-21)12-17-6-8-22-23(10-17)31-15-30-22/h2-11H,12-15H2,1H3/b24-11-. The second kappa shape index (κ2) is 7.43. The van der Waals surface area contributed by atoms with E-state index < -0.39 is 0 Å². The molecule has 6 nitrogen and oxygen atoms in total. The van der Waals surface area contributed by atoms with E-state index >= 15 is 0 Å². The Morgan fingerprint density at radius 3 is 2.72 bits per heavy atom. The van der Waals surface area contributed by atoms with E-state index in [9.17, 15) is 4.79 Å². The summed E-state index contributed by atoms with van der Waals surface area (Å²) in [7, 11) is 0. The Balaban J connectivity index is 1.27. The first kappa shape index (κ1) is 19.0. The summed E-state index contributed by atoms with van der Waals surface area (Å²) >= 11 is 0. The predicted molar refractivity (Wildman–Crippen MR) is 118 cm³/mol. The van der Waals surface area contributed by atoms with Crippen LogP contribution < -0.4 is 18.9 Å². The molecule has 6 rings (SSSR count). The highest BCUT2D eigenvalue weighted by Crippen LogP contribution is 2.42. The van der Waals surface area contributed by atoms with Gasteiger partial charge in [0.05, 0.1) is 11.1 Å². The molecule has 0 N–H and O–H groups in total. The first-order chi connectivity index (χ1) is 15.7. The molecular weight excluding hydrogens is 406 g/mol. The van der Waals surface area contributed by atoms with Crippen LogP contribution in [-0.4, -0.2) is 24.2 Å². The van der Waals surface area contributed by atoms with Crippen molar-refractivity contribution in [2.75, 3.05) is 13.5 Å². The number of benzene rings is 3. The maximum Gasteiger partial charge on any atom is 0.231 e. The molecule has 0 amide bonds. The Bertz CT molecular complexity index is 1280. The van der Waals surface area contributed by atoms with Crippen molar-refractivity contribution in [1.29, 1.82) is 0 Å². The van der Waals surface area contributed by atoms with Crippen molar-refractivity contribution in [1.82, 2.24) is 4.90 Å². The number of allylic oxidation sites excluding steroid dienone is 1. The lowest BCUT2D eigenvalue weighted by molar-refractivity contribution is 0.0872. The summed E-state index contributed by atoms with van der Waals surface area (Å²) in [5, 5.41) is 0. The van der Waals surface area contributed by atoms with Crippen molar-refractivity contribution in [3.05, 3.63) is 88.2 Å². The molecule has 160 valence electrons. The second-order valence-corrected chi connectivity index (χ2v) is 8.16. The first-order valence-electron chi connectivity index (χ1n) is 10.5. The van der Waals surface area contributed by atoms with Crippen molar-refractivity contribution in [3.63, 3.8) is 0 Å². The van der Waals surface area contributed by atoms with Gasteiger partial charge in [0.1, 0.15) is 18.2 Å². The number of ketones is 1. The molecule has 0 saturated carbocycles. The molecule has 0 atom stereocenters. The van der Waals surface area contributed by atoms with Gasteiger partial charge in [0.25, 0.3) is 0 Å². The van der Waals surface area contributed by atoms with Gasteiger partial charge < -0.3 is 18.9 Å². The number of carbonyl (C=O) groups excluding carboxylic acids is 1. The zero-order chi connectivity index (χ0) is 21.7. The molecule has 0 unspecified atom stereocenters. The van der Waals surface area contributed by atoms with Gasteiger partial charge in [-0.1, -0.05) is 30.3 Å². The molecule has 3 aromatic carbocycles. The molecule has 0 aliphatic carbocycles. The van der Waals surface area contributed by atoms with Gasteiger partial charge in [-0.3, -0.25) is 9.69 Å². The maximum absolute atomic E-state index is 13.0. The number of nitrogens with zero attached hydrogens (tertiary/aromatic N) is 1. The minimum absolute atomic E-state index is 0.0982. The van der Waals surface area contributed by atoms with Crippen LogP contribution in [-0.2, 0) is 13.1 Å². The minimum atomic E-state index is -0.0982. The smallest absolute Gasteiger partial charge is 0.231 e. The van der Waals surface area contributed by atoms with E-state index in [2.05, 4.69) is 4.90 Å². The normalized spacial score (nSPS) is 17.7. The van der Waals surface area contributed by atoms with Crippen LogP contribution in [0, 0.1) is 6.92 Å². The Labute approximate surface area is 185 Å². The van der Waals surface area contributed by atoms with Gasteiger partial charge in [-0.2, -0.15) is 0 Å². The molecule has 3 heterocycles. The molecule has 0 radical (unpaired) electrons. The fourth-order valence-corrected chi connectivity index (χ4v) is 4.29. The number of carbonyl (C=O) groups is 1. The highest BCUT2D eigenvalue weighted by atomic mass is 16.7. The summed E-state index contributed by atoms with van der Waals surface area (Å²) in [5.74, 6) is 3.14. The number of hydrogen-bond donors (Lipinski definition) is 0. The second-order valence-electron chi connectivity index (χ2n) is 8.16. The average Bonchev–Trinajstić information content (AvgIpc) is 3.40. The molecule has 3 aromatic rings. The van der Waals surface area contributed by atoms with Crippen LogP contribution in [0.4, 0.5) is 0 Å². The maximum atomic E-state index is 13.0. The van der Waals surface area contributed by atoms with Gasteiger partial charge in [0, 0.05) is 13.1 Å². The third-order valence-electron chi connectivity index (χ3n) is 6.00. The van der Waals surface area contributed by atoms with Crippen molar-refractivity contribution in [2.24, 2.45) is 0 Å². The molecule has 0 aromatic heterocycles. The highest BCUT2D eigenvalue weighted by Gasteiger charge is 2.33. The third kappa shape index (κ3) is 3.20. The van der Waals surface area contributed by atoms with Crippen molar-refractivity contribution in [2.45, 2.75) is 20.0 Å². The molecule has 6 heteroatoms. The van der Waals surface area contributed by atoms with Crippen molar-refractivity contribution in [3.8, 4) is 23.0 Å². The van der Waals surface area contributed by atoms with E-state index in [-0.39, 0.29) is 12.6 Å². The predicted octanol–water partition coefficient (Wildman–Crippen LogP) is 4.69. The van der Waals surface area contributed by atoms with E-state index in [0.717, 1.165) is 39.5 Å². The van der Waals surface area contributed by atoms with Crippen LogP contribution in [0.2, 0.25) is 0 Å². The van der Waals surface area contributed by atoms with E-state index in [1.807, 2.05) is 61.5 Å². The van der Waals surface area contributed by atoms with Crippen molar-refractivity contribution < 1.29 is 23.7 Å². The minimum Gasteiger partial charge on any atom is -0.478 e. The van der Waals surface area contributed by atoms with Gasteiger partial charge in [0.15, 0.2) is 17.3 Å². The lowest BCUT2D eigenvalue weighted by Gasteiger charge is -2.29. The fraction of sp³-hybridized carbons (Fsp3) is 0.192. The van der Waals surface area contributed by atoms with Crippen LogP contribution in [0.25, 0.3) is 6.08 Å². The lowest BCUT2D eigenvalue weighted by Crippen LogP contribution is -2.31. The Morgan fingerprint density at radius 1 is 0.969 bits per heavy atom. The topological polar surface area (TPSA) is 57.2 Å². The summed E-state index contributed by atoms with van der Waals surface area (Å²) in [4.78, 5) is 15.2. The van der Waals surface area contributed by atoms with E-state index in [0.29, 0.717) is 36.9 Å². The SMILES string of the molecule is Cc1ccccc1/C=C1\Oc2c(ccc3c2CN(Cc2ccc4c(c2)OCO4)CO3)C1=O. The number of ether oxygens (including phenoxy) is 4. The van der Waals surface area contributed by atoms with E-state index in [4.69, 9.17) is 18.9 Å². The summed E-state index contributed by atoms with van der Waals surface area (Å²) in [5.41, 5.74) is 4.64. The Morgan fingerprint density at radius 2 is 1.81 bits per heavy atom. The number of rotatable bonds is 3. The largest absolute Gasteiger partial charge is 0.478 e. The average molecular weight is 427 g/mol. The van der Waals surface area contributed by atoms with Gasteiger partial charge in [0.2, 0.25) is 12.6 Å². The van der Waals surface area contributed by atoms with Crippen molar-refractivity contribution >= 4 is 11.9 Å². The zero-order valence-electron chi connectivity index (χ0n) is 17.6. The Kier molecular flexibility index (Phi) is 4.40. The monoisotopic (exact) mass is 427 g/mol. The van der Waals surface area contributed by atoms with Crippen LogP contribution in [0.3, 0.4) is 0 Å². The quantitative estimate of drug-likeness (QED) is 0.565. The van der Waals surface area contributed by atoms with Crippen LogP contribution >= 0.6 is 0 Å². The summed E-state index contributed by atoms with van der Waals surface area (Å²) in [6, 6.07) is 17.5. The van der Waals surface area contributed by atoms with Crippen LogP contribution in [0.5, 0.6) is 23.0 Å². The zero-order valence-corrected chi connectivity index (χ0v) is 17.6. The van der Waals surface area contributed by atoms with Crippen LogP contribution in [0.1, 0.15) is 32.6 Å². The molecule has 0 saturated heterocycles. The fourth-order valence-electron chi connectivity index (χ4n) is 4.29.